The molecule has 0 bridgehead atoms. The van der Waals surface area contributed by atoms with Gasteiger partial charge in [0.15, 0.2) is 0 Å². The highest BCUT2D eigenvalue weighted by Gasteiger charge is 2.07. The predicted octanol–water partition coefficient (Wildman–Crippen LogP) is 3.66. The first kappa shape index (κ1) is 17.7. The van der Waals surface area contributed by atoms with Gasteiger partial charge in [0.2, 0.25) is 0 Å². The molecule has 0 heterocycles. The van der Waals surface area contributed by atoms with E-state index in [2.05, 4.69) is 15.9 Å². The Labute approximate surface area is 133 Å². The highest BCUT2D eigenvalue weighted by molar-refractivity contribution is 9.10. The molecule has 0 aliphatic rings. The van der Waals surface area contributed by atoms with Crippen molar-refractivity contribution >= 4 is 27.9 Å². The summed E-state index contributed by atoms with van der Waals surface area (Å²) >= 11 is 3.37. The molecule has 4 nitrogen and oxygen atoms in total. The molecular weight excluding hydrogens is 336 g/mol. The van der Waals surface area contributed by atoms with Gasteiger partial charge in [0.25, 0.3) is 0 Å². The number of benzene rings is 1. The van der Waals surface area contributed by atoms with Crippen molar-refractivity contribution in [2.45, 2.75) is 39.0 Å². The fourth-order valence-corrected chi connectivity index (χ4v) is 1.94. The molecule has 1 aromatic rings. The molecule has 0 aliphatic heterocycles. The van der Waals surface area contributed by atoms with Crippen LogP contribution in [0.4, 0.5) is 0 Å². The molecule has 0 aromatic heterocycles. The summed E-state index contributed by atoms with van der Waals surface area (Å²) in [5.41, 5.74) is 1.12. The van der Waals surface area contributed by atoms with E-state index in [0.29, 0.717) is 26.1 Å². The molecule has 0 N–H and O–H groups in total. The lowest BCUT2D eigenvalue weighted by Gasteiger charge is -2.05. The standard InChI is InChI=1S/C16H21BrO4/c1-2-11-20-15(18)4-3-5-16(19)21-12-10-13-6-8-14(17)9-7-13/h6-9H,2-5,10-12H2,1H3. The predicted molar refractivity (Wildman–Crippen MR) is 83.9 cm³/mol. The summed E-state index contributed by atoms with van der Waals surface area (Å²) in [5, 5.41) is 0. The Morgan fingerprint density at radius 3 is 2.14 bits per heavy atom. The van der Waals surface area contributed by atoms with Gasteiger partial charge in [-0.1, -0.05) is 35.0 Å². The second kappa shape index (κ2) is 10.4. The van der Waals surface area contributed by atoms with Crippen molar-refractivity contribution in [2.24, 2.45) is 0 Å². The summed E-state index contributed by atoms with van der Waals surface area (Å²) in [4.78, 5) is 22.7. The molecule has 0 aliphatic carbocycles. The summed E-state index contributed by atoms with van der Waals surface area (Å²) in [5.74, 6) is -0.519. The Morgan fingerprint density at radius 1 is 1.00 bits per heavy atom. The van der Waals surface area contributed by atoms with Crippen LogP contribution in [0.1, 0.15) is 38.2 Å². The van der Waals surface area contributed by atoms with Crippen LogP contribution in [0.2, 0.25) is 0 Å². The summed E-state index contributed by atoms with van der Waals surface area (Å²) < 4.78 is 11.1. The van der Waals surface area contributed by atoms with Crippen LogP contribution >= 0.6 is 15.9 Å². The minimum absolute atomic E-state index is 0.250. The molecule has 116 valence electrons. The first-order valence-electron chi connectivity index (χ1n) is 7.17. The third-order valence-corrected chi connectivity index (χ3v) is 3.32. The normalized spacial score (nSPS) is 10.2. The average Bonchev–Trinajstić information content (AvgIpc) is 2.47. The van der Waals surface area contributed by atoms with Crippen LogP contribution < -0.4 is 0 Å². The maximum atomic E-state index is 11.5. The number of hydrogen-bond donors (Lipinski definition) is 0. The van der Waals surface area contributed by atoms with Crippen molar-refractivity contribution in [1.82, 2.24) is 0 Å². The van der Waals surface area contributed by atoms with E-state index in [1.165, 1.54) is 0 Å². The van der Waals surface area contributed by atoms with E-state index >= 15 is 0 Å². The van der Waals surface area contributed by atoms with Gasteiger partial charge in [0.05, 0.1) is 13.2 Å². The zero-order valence-electron chi connectivity index (χ0n) is 12.3. The molecule has 0 unspecified atom stereocenters. The molecule has 0 saturated carbocycles. The van der Waals surface area contributed by atoms with Gasteiger partial charge >= 0.3 is 11.9 Å². The molecule has 21 heavy (non-hydrogen) atoms. The Bertz CT molecular complexity index is 442. The number of carbonyl (C=O) groups is 2. The second-order valence-electron chi connectivity index (χ2n) is 4.67. The van der Waals surface area contributed by atoms with Crippen LogP contribution in [0.5, 0.6) is 0 Å². The monoisotopic (exact) mass is 356 g/mol. The van der Waals surface area contributed by atoms with Crippen molar-refractivity contribution in [3.05, 3.63) is 34.3 Å². The molecule has 1 rings (SSSR count). The van der Waals surface area contributed by atoms with Gasteiger partial charge in [-0.15, -0.1) is 0 Å². The second-order valence-corrected chi connectivity index (χ2v) is 5.59. The number of rotatable bonds is 9. The minimum Gasteiger partial charge on any atom is -0.466 e. The quantitative estimate of drug-likeness (QED) is 0.633. The zero-order chi connectivity index (χ0) is 15.5. The lowest BCUT2D eigenvalue weighted by Crippen LogP contribution is -2.10. The van der Waals surface area contributed by atoms with Gasteiger partial charge < -0.3 is 9.47 Å². The van der Waals surface area contributed by atoms with E-state index in [9.17, 15) is 9.59 Å². The summed E-state index contributed by atoms with van der Waals surface area (Å²) in [6.07, 6.45) is 2.49. The van der Waals surface area contributed by atoms with Crippen LogP contribution in [0.25, 0.3) is 0 Å². The molecule has 0 amide bonds. The maximum absolute atomic E-state index is 11.5. The molecule has 0 spiro atoms. The highest BCUT2D eigenvalue weighted by atomic mass is 79.9. The van der Waals surface area contributed by atoms with Gasteiger partial charge in [-0.25, -0.2) is 0 Å². The van der Waals surface area contributed by atoms with Crippen molar-refractivity contribution in [1.29, 1.82) is 0 Å². The summed E-state index contributed by atoms with van der Waals surface area (Å²) in [6.45, 7) is 2.74. The SMILES string of the molecule is CCCOC(=O)CCCC(=O)OCCc1ccc(Br)cc1. The molecule has 1 aromatic carbocycles. The van der Waals surface area contributed by atoms with Crippen molar-refractivity contribution in [3.63, 3.8) is 0 Å². The van der Waals surface area contributed by atoms with Gasteiger partial charge in [0.1, 0.15) is 0 Å². The molecule has 0 atom stereocenters. The van der Waals surface area contributed by atoms with Crippen LogP contribution in [-0.4, -0.2) is 25.2 Å². The Balaban J connectivity index is 2.08. The summed E-state index contributed by atoms with van der Waals surface area (Å²) in [6, 6.07) is 7.89. The summed E-state index contributed by atoms with van der Waals surface area (Å²) in [7, 11) is 0. The lowest BCUT2D eigenvalue weighted by atomic mass is 10.2. The van der Waals surface area contributed by atoms with E-state index in [1.54, 1.807) is 0 Å². The number of esters is 2. The fraction of sp³-hybridized carbons (Fsp3) is 0.500. The molecular formula is C16H21BrO4. The van der Waals surface area contributed by atoms with Crippen molar-refractivity contribution in [3.8, 4) is 0 Å². The van der Waals surface area contributed by atoms with E-state index in [0.717, 1.165) is 16.5 Å². The molecule has 0 fully saturated rings. The van der Waals surface area contributed by atoms with Crippen molar-refractivity contribution < 1.29 is 19.1 Å². The number of hydrogen-bond acceptors (Lipinski definition) is 4. The highest BCUT2D eigenvalue weighted by Crippen LogP contribution is 2.11. The Morgan fingerprint density at radius 2 is 1.57 bits per heavy atom. The van der Waals surface area contributed by atoms with Gasteiger partial charge in [-0.2, -0.15) is 0 Å². The number of ether oxygens (including phenoxy) is 2. The van der Waals surface area contributed by atoms with Crippen LogP contribution in [-0.2, 0) is 25.5 Å². The number of carbonyl (C=O) groups excluding carboxylic acids is 2. The van der Waals surface area contributed by atoms with E-state index < -0.39 is 0 Å². The van der Waals surface area contributed by atoms with E-state index in [4.69, 9.17) is 9.47 Å². The smallest absolute Gasteiger partial charge is 0.305 e. The first-order chi connectivity index (χ1) is 10.1. The topological polar surface area (TPSA) is 52.6 Å². The van der Waals surface area contributed by atoms with Crippen LogP contribution in [0, 0.1) is 0 Å². The maximum Gasteiger partial charge on any atom is 0.305 e. The fourth-order valence-electron chi connectivity index (χ4n) is 1.67. The van der Waals surface area contributed by atoms with Crippen LogP contribution in [0.3, 0.4) is 0 Å². The van der Waals surface area contributed by atoms with E-state index in [1.807, 2.05) is 31.2 Å². The molecule has 0 radical (unpaired) electrons. The Kier molecular flexibility index (Phi) is 8.74. The third kappa shape index (κ3) is 8.50. The van der Waals surface area contributed by atoms with Gasteiger partial charge in [0, 0.05) is 23.7 Å². The Hall–Kier alpha value is -1.36. The first-order valence-corrected chi connectivity index (χ1v) is 7.96. The van der Waals surface area contributed by atoms with Gasteiger partial charge in [-0.3, -0.25) is 9.59 Å². The average molecular weight is 357 g/mol. The largest absolute Gasteiger partial charge is 0.466 e. The molecule has 0 saturated heterocycles. The van der Waals surface area contributed by atoms with Crippen molar-refractivity contribution in [2.75, 3.05) is 13.2 Å². The third-order valence-electron chi connectivity index (χ3n) is 2.80. The minimum atomic E-state index is -0.268. The van der Waals surface area contributed by atoms with Gasteiger partial charge in [-0.05, 0) is 30.5 Å². The number of halogens is 1. The van der Waals surface area contributed by atoms with E-state index in [-0.39, 0.29) is 24.8 Å². The molecule has 5 heteroatoms. The van der Waals surface area contributed by atoms with Crippen LogP contribution in [0.15, 0.2) is 28.7 Å². The lowest BCUT2D eigenvalue weighted by molar-refractivity contribution is -0.145. The zero-order valence-corrected chi connectivity index (χ0v) is 13.9.